The second-order valence-corrected chi connectivity index (χ2v) is 9.35. The molecule has 3 aromatic rings. The Bertz CT molecular complexity index is 1270. The van der Waals surface area contributed by atoms with Gasteiger partial charge >= 0.3 is 0 Å². The van der Waals surface area contributed by atoms with E-state index in [2.05, 4.69) is 10.6 Å². The number of hydrogen-bond donors (Lipinski definition) is 2. The molecule has 5 rings (SSSR count). The molecule has 0 aromatic heterocycles. The summed E-state index contributed by atoms with van der Waals surface area (Å²) in [4.78, 5) is 43.8. The van der Waals surface area contributed by atoms with Crippen LogP contribution in [-0.4, -0.2) is 48.8 Å². The molecule has 3 aromatic carbocycles. The second-order valence-electron chi connectivity index (χ2n) is 9.35. The zero-order valence-corrected chi connectivity index (χ0v) is 20.4. The van der Waals surface area contributed by atoms with Gasteiger partial charge in [0.1, 0.15) is 0 Å². The minimum atomic E-state index is -0.487. The summed E-state index contributed by atoms with van der Waals surface area (Å²) in [5.41, 5.74) is 4.02. The maximum Gasteiger partial charge on any atom is 0.258 e. The van der Waals surface area contributed by atoms with Gasteiger partial charge in [-0.3, -0.25) is 19.3 Å². The molecule has 184 valence electrons. The van der Waals surface area contributed by atoms with Gasteiger partial charge in [-0.2, -0.15) is 0 Å². The molecule has 7 nitrogen and oxygen atoms in total. The zero-order chi connectivity index (χ0) is 25.1. The van der Waals surface area contributed by atoms with Gasteiger partial charge in [-0.15, -0.1) is 0 Å². The van der Waals surface area contributed by atoms with Crippen LogP contribution < -0.4 is 15.5 Å². The molecule has 7 heteroatoms. The van der Waals surface area contributed by atoms with Crippen molar-refractivity contribution in [3.63, 3.8) is 0 Å². The van der Waals surface area contributed by atoms with Crippen LogP contribution in [0, 0.1) is 6.92 Å². The van der Waals surface area contributed by atoms with Gasteiger partial charge in [-0.25, -0.2) is 0 Å². The molecular formula is C29H30N4O3. The Morgan fingerprint density at radius 1 is 0.861 bits per heavy atom. The zero-order valence-electron chi connectivity index (χ0n) is 20.4. The van der Waals surface area contributed by atoms with Crippen LogP contribution in [0.3, 0.4) is 0 Å². The van der Waals surface area contributed by atoms with Crippen molar-refractivity contribution in [2.24, 2.45) is 0 Å². The van der Waals surface area contributed by atoms with Crippen LogP contribution in [0.4, 0.5) is 11.4 Å². The molecule has 36 heavy (non-hydrogen) atoms. The SMILES string of the molecule is Cc1ccc(C(=O)N2c3ccc(C(=O)N4CCCNCC4)cc3NC(=O)CC2c2ccccc2)cc1. The van der Waals surface area contributed by atoms with Crippen molar-refractivity contribution in [2.45, 2.75) is 25.8 Å². The van der Waals surface area contributed by atoms with Gasteiger partial charge in [-0.1, -0.05) is 48.0 Å². The fourth-order valence-electron chi connectivity index (χ4n) is 4.87. The smallest absolute Gasteiger partial charge is 0.258 e. The quantitative estimate of drug-likeness (QED) is 0.587. The van der Waals surface area contributed by atoms with E-state index in [9.17, 15) is 14.4 Å². The van der Waals surface area contributed by atoms with Crippen molar-refractivity contribution in [1.82, 2.24) is 10.2 Å². The Morgan fingerprint density at radius 3 is 2.39 bits per heavy atom. The molecule has 1 unspecified atom stereocenters. The largest absolute Gasteiger partial charge is 0.337 e. The Kier molecular flexibility index (Phi) is 6.82. The molecule has 2 aliphatic rings. The molecule has 0 bridgehead atoms. The van der Waals surface area contributed by atoms with E-state index in [0.717, 1.165) is 30.6 Å². The van der Waals surface area contributed by atoms with Gasteiger partial charge in [0.05, 0.1) is 23.8 Å². The van der Waals surface area contributed by atoms with Crippen molar-refractivity contribution in [3.05, 3.63) is 95.1 Å². The summed E-state index contributed by atoms with van der Waals surface area (Å²) in [5.74, 6) is -0.469. The number of anilines is 2. The van der Waals surface area contributed by atoms with E-state index in [-0.39, 0.29) is 24.1 Å². The molecular weight excluding hydrogens is 452 g/mol. The number of rotatable bonds is 3. The summed E-state index contributed by atoms with van der Waals surface area (Å²) in [6, 6.07) is 21.8. The van der Waals surface area contributed by atoms with Crippen LogP contribution in [0.1, 0.15) is 50.7 Å². The van der Waals surface area contributed by atoms with Gasteiger partial charge < -0.3 is 15.5 Å². The van der Waals surface area contributed by atoms with E-state index in [4.69, 9.17) is 0 Å². The average Bonchev–Trinajstić information content (AvgIpc) is 3.26. The number of carbonyl (C=O) groups excluding carboxylic acids is 3. The van der Waals surface area contributed by atoms with E-state index in [1.165, 1.54) is 0 Å². The normalized spacial score (nSPS) is 18.0. The van der Waals surface area contributed by atoms with E-state index < -0.39 is 6.04 Å². The molecule has 2 aliphatic heterocycles. The van der Waals surface area contributed by atoms with E-state index in [0.29, 0.717) is 35.6 Å². The number of carbonyl (C=O) groups is 3. The third kappa shape index (κ3) is 4.88. The van der Waals surface area contributed by atoms with Crippen LogP contribution in [0.15, 0.2) is 72.8 Å². The summed E-state index contributed by atoms with van der Waals surface area (Å²) in [5, 5.41) is 6.27. The fourth-order valence-corrected chi connectivity index (χ4v) is 4.87. The molecule has 1 atom stereocenters. The van der Waals surface area contributed by atoms with Crippen LogP contribution in [0.25, 0.3) is 0 Å². The Labute approximate surface area is 211 Å². The Hall–Kier alpha value is -3.97. The van der Waals surface area contributed by atoms with Crippen molar-refractivity contribution >= 4 is 29.1 Å². The summed E-state index contributed by atoms with van der Waals surface area (Å²) in [6.45, 7) is 4.94. The second kappa shape index (κ2) is 10.3. The van der Waals surface area contributed by atoms with E-state index in [1.54, 1.807) is 23.1 Å². The highest BCUT2D eigenvalue weighted by molar-refractivity contribution is 6.12. The number of fused-ring (bicyclic) bond motifs is 1. The molecule has 1 saturated heterocycles. The third-order valence-electron chi connectivity index (χ3n) is 6.80. The predicted molar refractivity (Wildman–Crippen MR) is 140 cm³/mol. The lowest BCUT2D eigenvalue weighted by atomic mass is 9.99. The van der Waals surface area contributed by atoms with Gasteiger partial charge in [-0.05, 0) is 55.8 Å². The number of benzene rings is 3. The highest BCUT2D eigenvalue weighted by Crippen LogP contribution is 2.39. The lowest BCUT2D eigenvalue weighted by Gasteiger charge is -2.31. The van der Waals surface area contributed by atoms with Gasteiger partial charge in [0.15, 0.2) is 0 Å². The number of nitrogens with zero attached hydrogens (tertiary/aromatic N) is 2. The van der Waals surface area contributed by atoms with Crippen molar-refractivity contribution in [1.29, 1.82) is 0 Å². The molecule has 1 fully saturated rings. The van der Waals surface area contributed by atoms with Crippen LogP contribution >= 0.6 is 0 Å². The first-order valence-electron chi connectivity index (χ1n) is 12.4. The number of nitrogens with one attached hydrogen (secondary N) is 2. The Morgan fingerprint density at radius 2 is 1.61 bits per heavy atom. The third-order valence-corrected chi connectivity index (χ3v) is 6.80. The standard InChI is InChI=1S/C29H30N4O3/c1-20-8-10-22(11-9-20)29(36)33-25-13-12-23(28(35)32-16-5-14-30-15-17-32)18-24(25)31-27(34)19-26(33)21-6-3-2-4-7-21/h2-4,6-13,18,26,30H,5,14-17,19H2,1H3,(H,31,34). The topological polar surface area (TPSA) is 81.8 Å². The van der Waals surface area contributed by atoms with Crippen molar-refractivity contribution in [2.75, 3.05) is 36.4 Å². The first kappa shape index (κ1) is 23.8. The number of hydrogen-bond acceptors (Lipinski definition) is 4. The van der Waals surface area contributed by atoms with Crippen LogP contribution in [0.5, 0.6) is 0 Å². The van der Waals surface area contributed by atoms with Crippen molar-refractivity contribution in [3.8, 4) is 0 Å². The van der Waals surface area contributed by atoms with Gasteiger partial charge in [0.25, 0.3) is 11.8 Å². The molecule has 3 amide bonds. The summed E-state index contributed by atoms with van der Waals surface area (Å²) < 4.78 is 0. The van der Waals surface area contributed by atoms with Crippen molar-refractivity contribution < 1.29 is 14.4 Å². The monoisotopic (exact) mass is 482 g/mol. The number of amides is 3. The molecule has 0 spiro atoms. The first-order chi connectivity index (χ1) is 17.5. The van der Waals surface area contributed by atoms with Gasteiger partial charge in [0.2, 0.25) is 5.91 Å². The van der Waals surface area contributed by atoms with E-state index >= 15 is 0 Å². The van der Waals surface area contributed by atoms with Gasteiger partial charge in [0, 0.05) is 30.8 Å². The molecule has 0 saturated carbocycles. The summed E-state index contributed by atoms with van der Waals surface area (Å²) in [6.07, 6.45) is 1.00. The molecule has 0 radical (unpaired) electrons. The Balaban J connectivity index is 1.58. The van der Waals surface area contributed by atoms with Crippen LogP contribution in [-0.2, 0) is 4.79 Å². The highest BCUT2D eigenvalue weighted by Gasteiger charge is 2.34. The minimum absolute atomic E-state index is 0.0731. The predicted octanol–water partition coefficient (Wildman–Crippen LogP) is 4.16. The maximum absolute atomic E-state index is 13.9. The molecule has 2 N–H and O–H groups in total. The summed E-state index contributed by atoms with van der Waals surface area (Å²) in [7, 11) is 0. The lowest BCUT2D eigenvalue weighted by molar-refractivity contribution is -0.116. The maximum atomic E-state index is 13.9. The number of aryl methyl sites for hydroxylation is 1. The fraction of sp³-hybridized carbons (Fsp3) is 0.276. The van der Waals surface area contributed by atoms with E-state index in [1.807, 2.05) is 66.4 Å². The van der Waals surface area contributed by atoms with Crippen LogP contribution in [0.2, 0.25) is 0 Å². The lowest BCUT2D eigenvalue weighted by Crippen LogP contribution is -2.35. The average molecular weight is 483 g/mol. The summed E-state index contributed by atoms with van der Waals surface area (Å²) >= 11 is 0. The molecule has 2 heterocycles. The highest BCUT2D eigenvalue weighted by atomic mass is 16.2. The molecule has 0 aliphatic carbocycles. The first-order valence-corrected chi connectivity index (χ1v) is 12.4. The minimum Gasteiger partial charge on any atom is -0.337 e.